The summed E-state index contributed by atoms with van der Waals surface area (Å²) >= 11 is 1.79. The van der Waals surface area contributed by atoms with Crippen LogP contribution in [0.1, 0.15) is 0 Å². The molecule has 0 aliphatic carbocycles. The van der Waals surface area contributed by atoms with Gasteiger partial charge < -0.3 is 0 Å². The number of aromatic nitrogens is 3. The molecule has 0 atom stereocenters. The molecule has 8 aromatic carbocycles. The second kappa shape index (κ2) is 12.1. The predicted molar refractivity (Wildman–Crippen MR) is 215 cm³/mol. The lowest BCUT2D eigenvalue weighted by atomic mass is 9.95. The highest BCUT2D eigenvalue weighted by Gasteiger charge is 2.18. The molecule has 238 valence electrons. The van der Waals surface area contributed by atoms with E-state index in [1.807, 2.05) is 0 Å². The van der Waals surface area contributed by atoms with Crippen LogP contribution < -0.4 is 0 Å². The summed E-state index contributed by atoms with van der Waals surface area (Å²) in [5.74, 6) is 1.97. The van der Waals surface area contributed by atoms with E-state index in [1.54, 1.807) is 11.3 Å². The summed E-state index contributed by atoms with van der Waals surface area (Å²) in [6.07, 6.45) is 0. The third-order valence-electron chi connectivity index (χ3n) is 9.69. The molecule has 2 aromatic heterocycles. The van der Waals surface area contributed by atoms with Crippen molar-refractivity contribution in [2.45, 2.75) is 0 Å². The lowest BCUT2D eigenvalue weighted by Gasteiger charge is -2.13. The van der Waals surface area contributed by atoms with Crippen molar-refractivity contribution in [3.8, 4) is 56.4 Å². The van der Waals surface area contributed by atoms with E-state index < -0.39 is 0 Å². The highest BCUT2D eigenvalue weighted by atomic mass is 32.1. The van der Waals surface area contributed by atoms with Gasteiger partial charge in [-0.2, -0.15) is 0 Å². The molecule has 0 saturated heterocycles. The summed E-state index contributed by atoms with van der Waals surface area (Å²) in [5.41, 5.74) is 7.62. The fraction of sp³-hybridized carbons (Fsp3) is 0. The van der Waals surface area contributed by atoms with Crippen molar-refractivity contribution in [3.05, 3.63) is 176 Å². The second-order valence-corrected chi connectivity index (χ2v) is 13.9. The van der Waals surface area contributed by atoms with E-state index in [9.17, 15) is 0 Å². The van der Waals surface area contributed by atoms with E-state index in [1.165, 1.54) is 42.1 Å². The zero-order valence-electron chi connectivity index (χ0n) is 27.5. The van der Waals surface area contributed by atoms with E-state index >= 15 is 0 Å². The molecule has 0 aliphatic rings. The first-order valence-corrected chi connectivity index (χ1v) is 17.9. The smallest absolute Gasteiger partial charge is 0.165 e. The lowest BCUT2D eigenvalue weighted by Crippen LogP contribution is -2.00. The zero-order chi connectivity index (χ0) is 33.7. The van der Waals surface area contributed by atoms with Crippen LogP contribution in [0.3, 0.4) is 0 Å². The Hall–Kier alpha value is -6.49. The number of hydrogen-bond acceptors (Lipinski definition) is 4. The Kier molecular flexibility index (Phi) is 7.00. The Balaban J connectivity index is 1.19. The number of rotatable bonds is 5. The van der Waals surface area contributed by atoms with Gasteiger partial charge in [0.15, 0.2) is 17.5 Å². The molecule has 4 heteroatoms. The molecular weight excluding hydrogens is 639 g/mol. The van der Waals surface area contributed by atoms with Gasteiger partial charge >= 0.3 is 0 Å². The summed E-state index contributed by atoms with van der Waals surface area (Å²) in [5, 5.41) is 7.12. The van der Waals surface area contributed by atoms with Gasteiger partial charge in [0.05, 0.1) is 0 Å². The van der Waals surface area contributed by atoms with Gasteiger partial charge in [-0.25, -0.2) is 15.0 Å². The summed E-state index contributed by atoms with van der Waals surface area (Å²) in [6, 6.07) is 62.2. The molecule has 2 heterocycles. The largest absolute Gasteiger partial charge is 0.208 e. The molecule has 0 amide bonds. The first-order valence-electron chi connectivity index (χ1n) is 17.1. The number of benzene rings is 8. The Bertz CT molecular complexity index is 2910. The van der Waals surface area contributed by atoms with Gasteiger partial charge in [0, 0.05) is 36.9 Å². The van der Waals surface area contributed by atoms with E-state index in [0.29, 0.717) is 17.5 Å². The normalized spacial score (nSPS) is 11.5. The van der Waals surface area contributed by atoms with Crippen molar-refractivity contribution in [2.75, 3.05) is 0 Å². The molecule has 0 radical (unpaired) electrons. The van der Waals surface area contributed by atoms with E-state index in [2.05, 4.69) is 176 Å². The minimum atomic E-state index is 0.649. The van der Waals surface area contributed by atoms with E-state index in [-0.39, 0.29) is 0 Å². The average molecular weight is 668 g/mol. The lowest BCUT2D eigenvalue weighted by molar-refractivity contribution is 1.08. The van der Waals surface area contributed by atoms with E-state index in [4.69, 9.17) is 15.0 Å². The van der Waals surface area contributed by atoms with Crippen molar-refractivity contribution in [1.82, 2.24) is 15.0 Å². The topological polar surface area (TPSA) is 38.7 Å². The fourth-order valence-electron chi connectivity index (χ4n) is 7.17. The maximum absolute atomic E-state index is 5.25. The first kappa shape index (κ1) is 29.4. The highest BCUT2D eigenvalue weighted by Crippen LogP contribution is 2.40. The molecular formula is C47H29N3S. The van der Waals surface area contributed by atoms with Crippen molar-refractivity contribution in [1.29, 1.82) is 0 Å². The molecule has 0 N–H and O–H groups in total. The molecule has 3 nitrogen and oxygen atoms in total. The van der Waals surface area contributed by atoms with Gasteiger partial charge in [-0.15, -0.1) is 11.3 Å². The van der Waals surface area contributed by atoms with Crippen LogP contribution in [0.5, 0.6) is 0 Å². The van der Waals surface area contributed by atoms with Crippen LogP contribution in [0.2, 0.25) is 0 Å². The highest BCUT2D eigenvalue weighted by molar-refractivity contribution is 7.26. The molecule has 0 bridgehead atoms. The maximum atomic E-state index is 5.25. The van der Waals surface area contributed by atoms with Crippen molar-refractivity contribution >= 4 is 53.1 Å². The third-order valence-corrected chi connectivity index (χ3v) is 10.9. The van der Waals surface area contributed by atoms with Crippen LogP contribution in [0.25, 0.3) is 98.1 Å². The Morgan fingerprint density at radius 3 is 1.71 bits per heavy atom. The van der Waals surface area contributed by atoms with Crippen LogP contribution in [0, 0.1) is 0 Å². The molecule has 0 saturated carbocycles. The van der Waals surface area contributed by atoms with Crippen molar-refractivity contribution in [2.24, 2.45) is 0 Å². The van der Waals surface area contributed by atoms with Gasteiger partial charge in [-0.3, -0.25) is 0 Å². The zero-order valence-corrected chi connectivity index (χ0v) is 28.3. The number of thiophene rings is 1. The van der Waals surface area contributed by atoms with Crippen LogP contribution in [0.4, 0.5) is 0 Å². The summed E-state index contributed by atoms with van der Waals surface area (Å²) < 4.78 is 2.43. The van der Waals surface area contributed by atoms with Crippen LogP contribution in [-0.2, 0) is 0 Å². The Morgan fingerprint density at radius 1 is 0.314 bits per heavy atom. The minimum absolute atomic E-state index is 0.649. The summed E-state index contributed by atoms with van der Waals surface area (Å²) in [6.45, 7) is 0. The molecule has 0 aliphatic heterocycles. The number of fused-ring (bicyclic) bond motifs is 5. The van der Waals surface area contributed by atoms with Crippen molar-refractivity contribution in [3.63, 3.8) is 0 Å². The average Bonchev–Trinajstić information content (AvgIpc) is 3.59. The minimum Gasteiger partial charge on any atom is -0.208 e. The number of nitrogens with zero attached hydrogens (tertiary/aromatic N) is 3. The molecule has 0 unspecified atom stereocenters. The summed E-state index contributed by atoms with van der Waals surface area (Å²) in [7, 11) is 0. The van der Waals surface area contributed by atoms with Gasteiger partial charge in [0.1, 0.15) is 0 Å². The maximum Gasteiger partial charge on any atom is 0.165 e. The fourth-order valence-corrected chi connectivity index (χ4v) is 8.38. The van der Waals surface area contributed by atoms with Crippen molar-refractivity contribution < 1.29 is 0 Å². The molecule has 10 rings (SSSR count). The second-order valence-electron chi connectivity index (χ2n) is 12.8. The monoisotopic (exact) mass is 667 g/mol. The predicted octanol–water partition coefficient (Wildman–Crippen LogP) is 12.9. The SMILES string of the molecule is c1ccc(-c2ccc3cc(-c4nc(-c5cc(-c6ccccc6)c6ccccc6c5)nc(-c5cccc6c5sc5ccccc56)n4)ccc3c2)cc1. The summed E-state index contributed by atoms with van der Waals surface area (Å²) in [4.78, 5) is 15.7. The van der Waals surface area contributed by atoms with Gasteiger partial charge in [0.25, 0.3) is 0 Å². The molecule has 0 spiro atoms. The Labute approximate surface area is 299 Å². The Morgan fingerprint density at radius 2 is 0.902 bits per heavy atom. The van der Waals surface area contributed by atoms with Gasteiger partial charge in [0.2, 0.25) is 0 Å². The molecule has 10 aromatic rings. The van der Waals surface area contributed by atoms with Gasteiger partial charge in [-0.05, 0) is 80.2 Å². The third kappa shape index (κ3) is 5.25. The van der Waals surface area contributed by atoms with Crippen LogP contribution >= 0.6 is 11.3 Å². The molecule has 0 fully saturated rings. The quantitative estimate of drug-likeness (QED) is 0.183. The standard InChI is InChI=1S/C47H29N3S/c1-3-12-30(13-4-1)32-22-23-34-27-36(25-24-33(34)26-32)45-48-46(37-28-35-16-7-8-17-38(35)42(29-37)31-14-5-2-6-15-31)50-47(49-45)41-20-11-19-40-39-18-9-10-21-43(39)51-44(40)41/h1-29H. The van der Waals surface area contributed by atoms with Crippen LogP contribution in [-0.4, -0.2) is 15.0 Å². The molecule has 51 heavy (non-hydrogen) atoms. The number of hydrogen-bond donors (Lipinski definition) is 0. The van der Waals surface area contributed by atoms with E-state index in [0.717, 1.165) is 38.6 Å². The van der Waals surface area contributed by atoms with Crippen LogP contribution in [0.15, 0.2) is 176 Å². The first-order chi connectivity index (χ1) is 25.2. The van der Waals surface area contributed by atoms with Gasteiger partial charge in [-0.1, -0.05) is 140 Å².